The van der Waals surface area contributed by atoms with Gasteiger partial charge in [-0.05, 0) is 37.2 Å². The summed E-state index contributed by atoms with van der Waals surface area (Å²) in [4.78, 5) is 13.4. The Labute approximate surface area is 79.6 Å². The molecule has 2 bridgehead atoms. The minimum Gasteiger partial charge on any atom is -0.339 e. The molecule has 2 unspecified atom stereocenters. The third-order valence-corrected chi connectivity index (χ3v) is 3.42. The van der Waals surface area contributed by atoms with Crippen molar-refractivity contribution in [1.82, 2.24) is 4.90 Å². The Balaban J connectivity index is 2.00. The fourth-order valence-corrected chi connectivity index (χ4v) is 2.68. The van der Waals surface area contributed by atoms with Crippen LogP contribution in [0.1, 0.15) is 25.7 Å². The van der Waals surface area contributed by atoms with Crippen LogP contribution in [0.5, 0.6) is 0 Å². The number of carbonyl (C=O) groups is 1. The number of nitrogens with zero attached hydrogens (tertiary/aromatic N) is 1. The second kappa shape index (κ2) is 3.52. The molecule has 1 amide bonds. The lowest BCUT2D eigenvalue weighted by molar-refractivity contribution is -0.126. The molecule has 1 aliphatic carbocycles. The summed E-state index contributed by atoms with van der Waals surface area (Å²) < 4.78 is 0. The molecule has 0 aromatic carbocycles. The van der Waals surface area contributed by atoms with E-state index in [1.807, 2.05) is 4.90 Å². The fraction of sp³-hybridized carbons (Fsp3) is 0.727. The average molecular weight is 179 g/mol. The van der Waals surface area contributed by atoms with Crippen LogP contribution < -0.4 is 0 Å². The van der Waals surface area contributed by atoms with Crippen molar-refractivity contribution in [3.05, 3.63) is 12.7 Å². The third-order valence-electron chi connectivity index (χ3n) is 3.42. The second-order valence-electron chi connectivity index (χ2n) is 4.32. The van der Waals surface area contributed by atoms with Crippen LogP contribution in [-0.4, -0.2) is 23.9 Å². The molecule has 1 saturated heterocycles. The van der Waals surface area contributed by atoms with Gasteiger partial charge in [0.25, 0.3) is 0 Å². The highest BCUT2D eigenvalue weighted by atomic mass is 16.2. The highest BCUT2D eigenvalue weighted by molar-refractivity contribution is 5.87. The van der Waals surface area contributed by atoms with Gasteiger partial charge < -0.3 is 4.90 Å². The van der Waals surface area contributed by atoms with Crippen LogP contribution in [0.4, 0.5) is 0 Å². The van der Waals surface area contributed by atoms with Gasteiger partial charge in [0.15, 0.2) is 0 Å². The van der Waals surface area contributed by atoms with Gasteiger partial charge in [-0.15, -0.1) is 0 Å². The Hall–Kier alpha value is -0.790. The molecule has 2 nitrogen and oxygen atoms in total. The van der Waals surface area contributed by atoms with Crippen LogP contribution in [0.25, 0.3) is 0 Å². The Morgan fingerprint density at radius 2 is 2.08 bits per heavy atom. The van der Waals surface area contributed by atoms with Gasteiger partial charge in [-0.25, -0.2) is 0 Å². The number of likely N-dealkylation sites (tertiary alicyclic amines) is 1. The first kappa shape index (κ1) is 8.79. The molecular formula is C11H17NO. The van der Waals surface area contributed by atoms with Gasteiger partial charge in [0.1, 0.15) is 0 Å². The first-order chi connectivity index (χ1) is 6.29. The third kappa shape index (κ3) is 1.77. The molecule has 0 aromatic rings. The van der Waals surface area contributed by atoms with E-state index >= 15 is 0 Å². The predicted molar refractivity (Wildman–Crippen MR) is 52.2 cm³/mol. The van der Waals surface area contributed by atoms with Crippen LogP contribution >= 0.6 is 0 Å². The molecule has 13 heavy (non-hydrogen) atoms. The van der Waals surface area contributed by atoms with Crippen molar-refractivity contribution in [3.63, 3.8) is 0 Å². The lowest BCUT2D eigenvalue weighted by atomic mass is 10.0. The Morgan fingerprint density at radius 1 is 1.31 bits per heavy atom. The zero-order chi connectivity index (χ0) is 9.26. The van der Waals surface area contributed by atoms with Gasteiger partial charge in [-0.2, -0.15) is 0 Å². The highest BCUT2D eigenvalue weighted by Gasteiger charge is 2.30. The maximum absolute atomic E-state index is 11.4. The molecule has 2 fully saturated rings. The minimum atomic E-state index is 0.118. The molecule has 0 N–H and O–H groups in total. The minimum absolute atomic E-state index is 0.118. The smallest absolute Gasteiger partial charge is 0.245 e. The molecule has 0 aromatic heterocycles. The van der Waals surface area contributed by atoms with E-state index in [0.29, 0.717) is 0 Å². The normalized spacial score (nSPS) is 32.8. The quantitative estimate of drug-likeness (QED) is 0.562. The van der Waals surface area contributed by atoms with Gasteiger partial charge in [-0.1, -0.05) is 13.0 Å². The number of hydrogen-bond acceptors (Lipinski definition) is 1. The predicted octanol–water partition coefficient (Wildman–Crippen LogP) is 1.82. The van der Waals surface area contributed by atoms with Crippen LogP contribution in [-0.2, 0) is 4.79 Å². The van der Waals surface area contributed by atoms with Crippen molar-refractivity contribution < 1.29 is 4.79 Å². The van der Waals surface area contributed by atoms with E-state index in [0.717, 1.165) is 24.9 Å². The van der Waals surface area contributed by atoms with Gasteiger partial charge >= 0.3 is 0 Å². The maximum atomic E-state index is 11.4. The molecule has 2 aliphatic rings. The van der Waals surface area contributed by atoms with E-state index in [1.165, 1.54) is 31.8 Å². The number of carbonyl (C=O) groups excluding carboxylic acids is 1. The first-order valence-corrected chi connectivity index (χ1v) is 5.21. The van der Waals surface area contributed by atoms with E-state index in [1.54, 1.807) is 0 Å². The van der Waals surface area contributed by atoms with Crippen molar-refractivity contribution >= 4 is 5.91 Å². The summed E-state index contributed by atoms with van der Waals surface area (Å²) in [6.07, 6.45) is 6.71. The molecule has 1 saturated carbocycles. The summed E-state index contributed by atoms with van der Waals surface area (Å²) in [6, 6.07) is 0. The molecular weight excluding hydrogens is 162 g/mol. The first-order valence-electron chi connectivity index (χ1n) is 5.21. The van der Waals surface area contributed by atoms with Crippen molar-refractivity contribution in [3.8, 4) is 0 Å². The van der Waals surface area contributed by atoms with Gasteiger partial charge in [0.05, 0.1) is 0 Å². The molecule has 2 atom stereocenters. The molecule has 2 rings (SSSR count). The molecule has 2 heteroatoms. The van der Waals surface area contributed by atoms with Crippen LogP contribution in [0.3, 0.4) is 0 Å². The molecule has 0 spiro atoms. The van der Waals surface area contributed by atoms with Crippen molar-refractivity contribution in [2.75, 3.05) is 13.1 Å². The van der Waals surface area contributed by atoms with E-state index < -0.39 is 0 Å². The largest absolute Gasteiger partial charge is 0.339 e. The summed E-state index contributed by atoms with van der Waals surface area (Å²) in [5, 5.41) is 0. The monoisotopic (exact) mass is 179 g/mol. The molecule has 1 aliphatic heterocycles. The van der Waals surface area contributed by atoms with E-state index in [9.17, 15) is 4.79 Å². The lowest BCUT2D eigenvalue weighted by Gasteiger charge is -2.23. The van der Waals surface area contributed by atoms with E-state index in [4.69, 9.17) is 0 Å². The van der Waals surface area contributed by atoms with Crippen molar-refractivity contribution in [2.45, 2.75) is 25.7 Å². The second-order valence-corrected chi connectivity index (χ2v) is 4.32. The van der Waals surface area contributed by atoms with Gasteiger partial charge in [0, 0.05) is 13.1 Å². The number of hydrogen-bond donors (Lipinski definition) is 0. The van der Waals surface area contributed by atoms with E-state index in [2.05, 4.69) is 6.58 Å². The Bertz CT molecular complexity index is 224. The zero-order valence-electron chi connectivity index (χ0n) is 8.04. The van der Waals surface area contributed by atoms with Crippen LogP contribution in [0.15, 0.2) is 12.7 Å². The van der Waals surface area contributed by atoms with Gasteiger partial charge in [0.2, 0.25) is 5.91 Å². The summed E-state index contributed by atoms with van der Waals surface area (Å²) in [5.41, 5.74) is 0. The molecule has 1 heterocycles. The van der Waals surface area contributed by atoms with Crippen LogP contribution in [0.2, 0.25) is 0 Å². The topological polar surface area (TPSA) is 20.3 Å². The van der Waals surface area contributed by atoms with Gasteiger partial charge in [-0.3, -0.25) is 4.79 Å². The maximum Gasteiger partial charge on any atom is 0.245 e. The Morgan fingerprint density at radius 3 is 2.85 bits per heavy atom. The Kier molecular flexibility index (Phi) is 2.38. The summed E-state index contributed by atoms with van der Waals surface area (Å²) in [7, 11) is 0. The lowest BCUT2D eigenvalue weighted by Crippen LogP contribution is -2.33. The van der Waals surface area contributed by atoms with Crippen molar-refractivity contribution in [1.29, 1.82) is 0 Å². The van der Waals surface area contributed by atoms with E-state index in [-0.39, 0.29) is 5.91 Å². The number of amides is 1. The SMILES string of the molecule is C=CC(=O)N1CCC2CCC(C2)C1. The molecule has 0 radical (unpaired) electrons. The molecule has 72 valence electrons. The highest BCUT2D eigenvalue weighted by Crippen LogP contribution is 2.36. The zero-order valence-corrected chi connectivity index (χ0v) is 8.04. The summed E-state index contributed by atoms with van der Waals surface area (Å²) in [5.74, 6) is 1.79. The number of rotatable bonds is 1. The van der Waals surface area contributed by atoms with Crippen LogP contribution in [0, 0.1) is 11.8 Å². The van der Waals surface area contributed by atoms with Crippen molar-refractivity contribution in [2.24, 2.45) is 11.8 Å². The summed E-state index contributed by atoms with van der Waals surface area (Å²) in [6.45, 7) is 5.46. The fourth-order valence-electron chi connectivity index (χ4n) is 2.68. The number of fused-ring (bicyclic) bond motifs is 2. The summed E-state index contributed by atoms with van der Waals surface area (Å²) >= 11 is 0. The standard InChI is InChI=1S/C11H17NO/c1-2-11(13)12-6-5-9-3-4-10(7-9)8-12/h2,9-10H,1,3-8H2. The average Bonchev–Trinajstić information content (AvgIpc) is 2.45.